The number of nitrogens with zero attached hydrogens (tertiary/aromatic N) is 2. The van der Waals surface area contributed by atoms with Gasteiger partial charge in [0.15, 0.2) is 0 Å². The van der Waals surface area contributed by atoms with Crippen molar-refractivity contribution in [1.29, 1.82) is 0 Å². The molecule has 0 aliphatic carbocycles. The molecule has 0 atom stereocenters. The van der Waals surface area contributed by atoms with Crippen molar-refractivity contribution in [3.05, 3.63) is 57.5 Å². The molecule has 20 heavy (non-hydrogen) atoms. The Morgan fingerprint density at radius 2 is 1.95 bits per heavy atom. The molecule has 4 heteroatoms. The maximum atomic E-state index is 12.0. The van der Waals surface area contributed by atoms with Crippen LogP contribution in [0.5, 0.6) is 0 Å². The lowest BCUT2D eigenvalue weighted by Crippen LogP contribution is -2.24. The summed E-state index contributed by atoms with van der Waals surface area (Å²) < 4.78 is 1.48. The predicted octanol–water partition coefficient (Wildman–Crippen LogP) is 2.73. The van der Waals surface area contributed by atoms with E-state index in [1.54, 1.807) is 12.3 Å². The quantitative estimate of drug-likeness (QED) is 0.930. The zero-order valence-corrected chi connectivity index (χ0v) is 12.5. The molecule has 0 bridgehead atoms. The van der Waals surface area contributed by atoms with Crippen molar-refractivity contribution < 1.29 is 0 Å². The van der Waals surface area contributed by atoms with Crippen molar-refractivity contribution in [1.82, 2.24) is 9.78 Å². The van der Waals surface area contributed by atoms with Crippen LogP contribution in [0, 0.1) is 13.8 Å². The highest BCUT2D eigenvalue weighted by Gasteiger charge is 2.03. The molecule has 0 saturated heterocycles. The number of aryl methyl sites for hydroxylation is 2. The predicted molar refractivity (Wildman–Crippen MR) is 82.3 cm³/mol. The van der Waals surface area contributed by atoms with Crippen molar-refractivity contribution in [3.63, 3.8) is 0 Å². The fourth-order valence-corrected chi connectivity index (χ4v) is 2.04. The van der Waals surface area contributed by atoms with E-state index in [1.807, 2.05) is 19.9 Å². The molecular weight excluding hydrogens is 250 g/mol. The maximum absolute atomic E-state index is 12.0. The van der Waals surface area contributed by atoms with Crippen LogP contribution in [0.2, 0.25) is 0 Å². The number of nitrogens with one attached hydrogen (secondary N) is 1. The summed E-state index contributed by atoms with van der Waals surface area (Å²) in [5.74, 6) is 0. The normalized spacial score (nSPS) is 10.8. The Hall–Kier alpha value is -2.10. The molecule has 0 saturated carbocycles. The van der Waals surface area contributed by atoms with Crippen LogP contribution in [0.4, 0.5) is 5.69 Å². The molecule has 0 unspecified atom stereocenters. The lowest BCUT2D eigenvalue weighted by Gasteiger charge is -2.11. The maximum Gasteiger partial charge on any atom is 0.269 e. The van der Waals surface area contributed by atoms with E-state index in [0.717, 1.165) is 11.3 Å². The summed E-state index contributed by atoms with van der Waals surface area (Å²) in [6.45, 7) is 8.71. The number of aromatic nitrogens is 2. The Labute approximate surface area is 119 Å². The average molecular weight is 271 g/mol. The van der Waals surface area contributed by atoms with Crippen LogP contribution in [-0.4, -0.2) is 15.8 Å². The summed E-state index contributed by atoms with van der Waals surface area (Å²) in [5, 5.41) is 7.40. The first kappa shape index (κ1) is 14.3. The summed E-state index contributed by atoms with van der Waals surface area (Å²) in [6, 6.07) is 8.09. The molecule has 0 spiro atoms. The van der Waals surface area contributed by atoms with Crippen LogP contribution in [-0.2, 0) is 6.54 Å². The average Bonchev–Trinajstić information content (AvgIpc) is 2.36. The minimum Gasteiger partial charge on any atom is -0.381 e. The van der Waals surface area contributed by atoms with Gasteiger partial charge in [-0.3, -0.25) is 4.79 Å². The number of hydrogen-bond donors (Lipinski definition) is 1. The third-order valence-electron chi connectivity index (χ3n) is 3.23. The third kappa shape index (κ3) is 3.47. The smallest absolute Gasteiger partial charge is 0.269 e. The van der Waals surface area contributed by atoms with E-state index in [2.05, 4.69) is 36.4 Å². The van der Waals surface area contributed by atoms with Crippen LogP contribution in [0.3, 0.4) is 0 Å². The van der Waals surface area contributed by atoms with Gasteiger partial charge in [0, 0.05) is 12.1 Å². The molecule has 0 radical (unpaired) electrons. The van der Waals surface area contributed by atoms with E-state index >= 15 is 0 Å². The van der Waals surface area contributed by atoms with Crippen LogP contribution in [0.25, 0.3) is 0 Å². The van der Waals surface area contributed by atoms with Gasteiger partial charge in [-0.15, -0.1) is 0 Å². The first-order valence-electron chi connectivity index (χ1n) is 6.85. The molecule has 106 valence electrons. The number of anilines is 1. The first-order chi connectivity index (χ1) is 9.45. The van der Waals surface area contributed by atoms with Crippen LogP contribution < -0.4 is 10.9 Å². The molecule has 2 rings (SSSR count). The Morgan fingerprint density at radius 3 is 2.55 bits per heavy atom. The zero-order chi connectivity index (χ0) is 14.7. The molecule has 1 N–H and O–H groups in total. The van der Waals surface area contributed by atoms with Crippen molar-refractivity contribution in [2.24, 2.45) is 0 Å². The van der Waals surface area contributed by atoms with Gasteiger partial charge in [-0.1, -0.05) is 18.2 Å². The van der Waals surface area contributed by atoms with Gasteiger partial charge in [-0.2, -0.15) is 5.10 Å². The topological polar surface area (TPSA) is 46.9 Å². The highest BCUT2D eigenvalue weighted by atomic mass is 16.1. The lowest BCUT2D eigenvalue weighted by molar-refractivity contribution is 0.638. The van der Waals surface area contributed by atoms with Gasteiger partial charge < -0.3 is 5.32 Å². The van der Waals surface area contributed by atoms with E-state index in [4.69, 9.17) is 0 Å². The minimum absolute atomic E-state index is 0.0890. The second-order valence-electron chi connectivity index (χ2n) is 5.46. The monoisotopic (exact) mass is 271 g/mol. The van der Waals surface area contributed by atoms with Gasteiger partial charge in [-0.05, 0) is 44.4 Å². The van der Waals surface area contributed by atoms with E-state index < -0.39 is 0 Å². The van der Waals surface area contributed by atoms with E-state index in [0.29, 0.717) is 6.54 Å². The molecule has 0 aliphatic rings. The Kier molecular flexibility index (Phi) is 4.23. The number of benzene rings is 1. The summed E-state index contributed by atoms with van der Waals surface area (Å²) in [7, 11) is 0. The van der Waals surface area contributed by atoms with Crippen molar-refractivity contribution >= 4 is 5.69 Å². The second kappa shape index (κ2) is 5.90. The summed E-state index contributed by atoms with van der Waals surface area (Å²) in [5.41, 5.74) is 4.25. The van der Waals surface area contributed by atoms with Crippen LogP contribution >= 0.6 is 0 Å². The van der Waals surface area contributed by atoms with Crippen molar-refractivity contribution in [3.8, 4) is 0 Å². The highest BCUT2D eigenvalue weighted by molar-refractivity contribution is 5.39. The summed E-state index contributed by atoms with van der Waals surface area (Å²) in [4.78, 5) is 12.0. The number of hydrogen-bond acceptors (Lipinski definition) is 3. The molecule has 4 nitrogen and oxygen atoms in total. The van der Waals surface area contributed by atoms with Gasteiger partial charge in [0.1, 0.15) is 0 Å². The van der Waals surface area contributed by atoms with Crippen molar-refractivity contribution in [2.45, 2.75) is 40.3 Å². The molecule has 1 heterocycles. The van der Waals surface area contributed by atoms with Crippen molar-refractivity contribution in [2.75, 3.05) is 5.32 Å². The second-order valence-corrected chi connectivity index (χ2v) is 5.46. The number of rotatable bonds is 4. The van der Waals surface area contributed by atoms with Gasteiger partial charge in [-0.25, -0.2) is 4.68 Å². The Balaban J connectivity index is 2.21. The summed E-state index contributed by atoms with van der Waals surface area (Å²) in [6.07, 6.45) is 1.70. The molecule has 0 fully saturated rings. The lowest BCUT2D eigenvalue weighted by atomic mass is 10.1. The molecule has 0 amide bonds. The highest BCUT2D eigenvalue weighted by Crippen LogP contribution is 2.10. The Bertz CT molecular complexity index is 659. The van der Waals surface area contributed by atoms with Gasteiger partial charge in [0.05, 0.1) is 18.4 Å². The van der Waals surface area contributed by atoms with Crippen LogP contribution in [0.1, 0.15) is 30.5 Å². The molecular formula is C16H21N3O. The van der Waals surface area contributed by atoms with Gasteiger partial charge >= 0.3 is 0 Å². The molecule has 2 aromatic rings. The van der Waals surface area contributed by atoms with Crippen LogP contribution in [0.15, 0.2) is 35.3 Å². The largest absolute Gasteiger partial charge is 0.381 e. The molecule has 0 aliphatic heterocycles. The Morgan fingerprint density at radius 1 is 1.20 bits per heavy atom. The fourth-order valence-electron chi connectivity index (χ4n) is 2.04. The third-order valence-corrected chi connectivity index (χ3v) is 3.23. The fraction of sp³-hybridized carbons (Fsp3) is 0.375. The van der Waals surface area contributed by atoms with Gasteiger partial charge in [0.25, 0.3) is 5.56 Å². The van der Waals surface area contributed by atoms with Gasteiger partial charge in [0.2, 0.25) is 0 Å². The molecule has 1 aromatic heterocycles. The molecule has 1 aromatic carbocycles. The summed E-state index contributed by atoms with van der Waals surface area (Å²) >= 11 is 0. The van der Waals surface area contributed by atoms with E-state index in [-0.39, 0.29) is 11.6 Å². The standard InChI is InChI=1S/C16H21N3O/c1-11(2)18-15-8-16(20)19(17-9-15)10-14-6-5-12(3)13(4)7-14/h5-9,11,18H,10H2,1-4H3. The first-order valence-corrected chi connectivity index (χ1v) is 6.85. The zero-order valence-electron chi connectivity index (χ0n) is 12.5. The van der Waals surface area contributed by atoms with E-state index in [9.17, 15) is 4.79 Å². The minimum atomic E-state index is -0.0890. The SMILES string of the molecule is Cc1ccc(Cn2ncc(NC(C)C)cc2=O)cc1C. The van der Waals surface area contributed by atoms with E-state index in [1.165, 1.54) is 15.8 Å².